The molecule has 2 N–H and O–H groups in total. The van der Waals surface area contributed by atoms with E-state index in [1.165, 1.54) is 54.5 Å². The zero-order chi connectivity index (χ0) is 21.1. The van der Waals surface area contributed by atoms with Crippen molar-refractivity contribution in [1.29, 1.82) is 0 Å². The molecule has 0 saturated carbocycles. The maximum absolute atomic E-state index is 12.7. The van der Waals surface area contributed by atoms with Crippen molar-refractivity contribution in [3.63, 3.8) is 0 Å². The highest BCUT2D eigenvalue weighted by Crippen LogP contribution is 2.39. The van der Waals surface area contributed by atoms with Crippen LogP contribution in [-0.4, -0.2) is 52.0 Å². The summed E-state index contributed by atoms with van der Waals surface area (Å²) in [6.07, 6.45) is 0. The van der Waals surface area contributed by atoms with Gasteiger partial charge >= 0.3 is 0 Å². The molecule has 9 heteroatoms. The Hall–Kier alpha value is -3.72. The number of amides is 1. The Bertz CT molecular complexity index is 998. The van der Waals surface area contributed by atoms with E-state index >= 15 is 0 Å². The van der Waals surface area contributed by atoms with E-state index in [0.717, 1.165) is 6.07 Å². The van der Waals surface area contributed by atoms with Crippen molar-refractivity contribution >= 4 is 23.1 Å². The molecule has 1 fully saturated rings. The molecular weight excluding hydrogens is 380 g/mol. The zero-order valence-corrected chi connectivity index (χ0v) is 15.4. The highest BCUT2D eigenvalue weighted by Gasteiger charge is 2.45. The lowest BCUT2D eigenvalue weighted by Crippen LogP contribution is -2.32. The first-order valence-corrected chi connectivity index (χ1v) is 8.66. The Kier molecular flexibility index (Phi) is 5.60. The molecule has 1 atom stereocenters. The van der Waals surface area contributed by atoms with Gasteiger partial charge in [0.05, 0.1) is 23.1 Å². The third kappa shape index (κ3) is 3.81. The summed E-state index contributed by atoms with van der Waals surface area (Å²) in [6.45, 7) is 0.261. The van der Waals surface area contributed by atoms with Crippen LogP contribution in [0.2, 0.25) is 0 Å². The van der Waals surface area contributed by atoms with Crippen LogP contribution in [0.1, 0.15) is 17.2 Å². The molecule has 1 aliphatic rings. The predicted molar refractivity (Wildman–Crippen MR) is 102 cm³/mol. The fourth-order valence-electron chi connectivity index (χ4n) is 3.23. The first kappa shape index (κ1) is 20.0. The number of aliphatic hydroxyl groups excluding tert-OH is 1. The number of ether oxygens (including phenoxy) is 1. The summed E-state index contributed by atoms with van der Waals surface area (Å²) < 4.78 is 5.01. The molecule has 29 heavy (non-hydrogen) atoms. The smallest absolute Gasteiger partial charge is 0.295 e. The van der Waals surface area contributed by atoms with Gasteiger partial charge in [0.15, 0.2) is 0 Å². The van der Waals surface area contributed by atoms with Crippen molar-refractivity contribution in [2.75, 3.05) is 20.3 Å². The normalized spacial score (nSPS) is 18.2. The highest BCUT2D eigenvalue weighted by molar-refractivity contribution is 6.46. The number of rotatable bonds is 6. The SMILES string of the molecule is COCCN1C(=O)C(=O)/C(=C(\O)c2cccc([N+](=O)[O-])c2)C1c1ccc(O)cc1. The molecule has 3 rings (SSSR count). The minimum absolute atomic E-state index is 0.00118. The van der Waals surface area contributed by atoms with Crippen LogP contribution in [0.25, 0.3) is 5.76 Å². The lowest BCUT2D eigenvalue weighted by Gasteiger charge is -2.25. The molecule has 1 unspecified atom stereocenters. The van der Waals surface area contributed by atoms with E-state index in [9.17, 15) is 29.9 Å². The number of benzene rings is 2. The average molecular weight is 398 g/mol. The van der Waals surface area contributed by atoms with E-state index in [2.05, 4.69) is 0 Å². The number of phenols is 1. The topological polar surface area (TPSA) is 130 Å². The van der Waals surface area contributed by atoms with Crippen LogP contribution >= 0.6 is 0 Å². The number of non-ortho nitro benzene ring substituents is 1. The molecule has 1 amide bonds. The number of nitro benzene ring substituents is 1. The van der Waals surface area contributed by atoms with Gasteiger partial charge < -0.3 is 19.8 Å². The number of hydrogen-bond acceptors (Lipinski definition) is 7. The molecule has 0 radical (unpaired) electrons. The van der Waals surface area contributed by atoms with Crippen molar-refractivity contribution in [2.45, 2.75) is 6.04 Å². The number of aromatic hydroxyl groups is 1. The van der Waals surface area contributed by atoms with E-state index in [0.29, 0.717) is 5.56 Å². The summed E-state index contributed by atoms with van der Waals surface area (Å²) in [7, 11) is 1.45. The standard InChI is InChI=1S/C20H18N2O7/c1-29-10-9-21-17(12-5-7-15(23)8-6-12)16(19(25)20(21)26)18(24)13-3-2-4-14(11-13)22(27)28/h2-8,11,17,23-24H,9-10H2,1H3/b18-16-. The van der Waals surface area contributed by atoms with E-state index in [1.807, 2.05) is 0 Å². The number of carbonyl (C=O) groups excluding carboxylic acids is 2. The molecule has 1 aliphatic heterocycles. The summed E-state index contributed by atoms with van der Waals surface area (Å²) in [6, 6.07) is 10.1. The summed E-state index contributed by atoms with van der Waals surface area (Å²) in [4.78, 5) is 37.0. The van der Waals surface area contributed by atoms with Gasteiger partial charge in [-0.3, -0.25) is 19.7 Å². The maximum atomic E-state index is 12.7. The van der Waals surface area contributed by atoms with Gasteiger partial charge in [0.2, 0.25) is 0 Å². The molecule has 2 aromatic rings. The molecule has 2 aromatic carbocycles. The van der Waals surface area contributed by atoms with Gasteiger partial charge in [-0.1, -0.05) is 24.3 Å². The molecule has 1 heterocycles. The molecule has 1 saturated heterocycles. The van der Waals surface area contributed by atoms with Gasteiger partial charge in [0, 0.05) is 31.4 Å². The molecule has 150 valence electrons. The number of aliphatic hydroxyl groups is 1. The second kappa shape index (κ2) is 8.11. The van der Waals surface area contributed by atoms with Crippen LogP contribution in [0.4, 0.5) is 5.69 Å². The number of methoxy groups -OCH3 is 1. The van der Waals surface area contributed by atoms with Gasteiger partial charge in [-0.25, -0.2) is 0 Å². The number of nitrogens with zero attached hydrogens (tertiary/aromatic N) is 2. The van der Waals surface area contributed by atoms with E-state index in [-0.39, 0.29) is 35.7 Å². The number of Topliss-reactive ketones (excluding diaryl/α,β-unsaturated/α-hetero) is 1. The van der Waals surface area contributed by atoms with Crippen LogP contribution < -0.4 is 0 Å². The number of likely N-dealkylation sites (tertiary alicyclic amines) is 1. The van der Waals surface area contributed by atoms with Crippen molar-refractivity contribution in [2.24, 2.45) is 0 Å². The average Bonchev–Trinajstić information content (AvgIpc) is 2.97. The van der Waals surface area contributed by atoms with Gasteiger partial charge in [0.25, 0.3) is 17.4 Å². The number of ketones is 1. The number of carbonyl (C=O) groups is 2. The van der Waals surface area contributed by atoms with Gasteiger partial charge in [-0.05, 0) is 17.7 Å². The lowest BCUT2D eigenvalue weighted by atomic mass is 9.95. The van der Waals surface area contributed by atoms with E-state index in [4.69, 9.17) is 4.74 Å². The van der Waals surface area contributed by atoms with Gasteiger partial charge in [0.1, 0.15) is 11.5 Å². The summed E-state index contributed by atoms with van der Waals surface area (Å²) >= 11 is 0. The Labute approximate surface area is 165 Å². The fraction of sp³-hybridized carbons (Fsp3) is 0.200. The van der Waals surface area contributed by atoms with Crippen LogP contribution in [0.5, 0.6) is 5.75 Å². The monoisotopic (exact) mass is 398 g/mol. The minimum Gasteiger partial charge on any atom is -0.508 e. The largest absolute Gasteiger partial charge is 0.508 e. The first-order chi connectivity index (χ1) is 13.8. The lowest BCUT2D eigenvalue weighted by molar-refractivity contribution is -0.384. The van der Waals surface area contributed by atoms with Crippen LogP contribution in [0.3, 0.4) is 0 Å². The third-order valence-corrected chi connectivity index (χ3v) is 4.62. The summed E-state index contributed by atoms with van der Waals surface area (Å²) in [5.74, 6) is -2.22. The maximum Gasteiger partial charge on any atom is 0.295 e. The van der Waals surface area contributed by atoms with Gasteiger partial charge in [-0.15, -0.1) is 0 Å². The van der Waals surface area contributed by atoms with Crippen molar-refractivity contribution in [3.05, 3.63) is 75.3 Å². The minimum atomic E-state index is -0.926. The van der Waals surface area contributed by atoms with Crippen molar-refractivity contribution < 1.29 is 29.5 Å². The molecule has 0 aliphatic carbocycles. The van der Waals surface area contributed by atoms with Crippen molar-refractivity contribution in [3.8, 4) is 5.75 Å². The van der Waals surface area contributed by atoms with Crippen LogP contribution in [0, 0.1) is 10.1 Å². The molecule has 0 aromatic heterocycles. The Morgan fingerprint density at radius 2 is 1.90 bits per heavy atom. The van der Waals surface area contributed by atoms with Gasteiger partial charge in [-0.2, -0.15) is 0 Å². The molecular formula is C20H18N2O7. The number of phenolic OH excluding ortho intramolecular Hbond substituents is 1. The number of nitro groups is 1. The summed E-state index contributed by atoms with van der Waals surface area (Å²) in [5, 5.41) is 31.4. The van der Waals surface area contributed by atoms with Crippen molar-refractivity contribution in [1.82, 2.24) is 4.90 Å². The highest BCUT2D eigenvalue weighted by atomic mass is 16.6. The predicted octanol–water partition coefficient (Wildman–Crippen LogP) is 2.37. The second-order valence-electron chi connectivity index (χ2n) is 6.38. The van der Waals surface area contributed by atoms with Crippen LogP contribution in [-0.2, 0) is 14.3 Å². The Balaban J connectivity index is 2.17. The molecule has 0 spiro atoms. The Morgan fingerprint density at radius 1 is 1.21 bits per heavy atom. The van der Waals surface area contributed by atoms with Crippen LogP contribution in [0.15, 0.2) is 54.1 Å². The molecule has 0 bridgehead atoms. The van der Waals surface area contributed by atoms with E-state index < -0.39 is 28.4 Å². The number of hydrogen-bond donors (Lipinski definition) is 2. The quantitative estimate of drug-likeness (QED) is 0.251. The second-order valence-corrected chi connectivity index (χ2v) is 6.38. The zero-order valence-electron chi connectivity index (χ0n) is 15.4. The first-order valence-electron chi connectivity index (χ1n) is 8.66. The molecule has 9 nitrogen and oxygen atoms in total. The third-order valence-electron chi connectivity index (χ3n) is 4.62. The Morgan fingerprint density at radius 3 is 2.52 bits per heavy atom. The van der Waals surface area contributed by atoms with E-state index in [1.54, 1.807) is 0 Å². The fourth-order valence-corrected chi connectivity index (χ4v) is 3.23. The summed E-state index contributed by atoms with van der Waals surface area (Å²) in [5.41, 5.74) is 0.0962.